The molecule has 0 unspecified atom stereocenters. The van der Waals surface area contributed by atoms with Gasteiger partial charge in [0.25, 0.3) is 0 Å². The number of para-hydroxylation sites is 2. The number of esters is 1. The largest absolute Gasteiger partial charge is 0.467 e. The molecule has 1 aromatic heterocycles. The van der Waals surface area contributed by atoms with Crippen molar-refractivity contribution in [2.24, 2.45) is 0 Å². The van der Waals surface area contributed by atoms with E-state index in [1.807, 2.05) is 12.1 Å². The van der Waals surface area contributed by atoms with Gasteiger partial charge in [-0.2, -0.15) is 0 Å². The average molecular weight is 307 g/mol. The fraction of sp³-hybridized carbons (Fsp3) is 0.350. The molecule has 0 bridgehead atoms. The predicted octanol–water partition coefficient (Wildman–Crippen LogP) is 4.63. The number of benzene rings is 2. The third kappa shape index (κ3) is 1.99. The number of nitrogens with zero attached hydrogens (tertiary/aromatic N) is 1. The third-order valence-electron chi connectivity index (χ3n) is 5.25. The molecular weight excluding hydrogens is 286 g/mol. The Balaban J connectivity index is 2.10. The second-order valence-corrected chi connectivity index (χ2v) is 6.45. The maximum atomic E-state index is 12.8. The van der Waals surface area contributed by atoms with Crippen LogP contribution in [0.5, 0.6) is 0 Å². The van der Waals surface area contributed by atoms with Crippen LogP contribution in [0.3, 0.4) is 0 Å². The number of carbonyl (C=O) groups is 1. The smallest absolute Gasteiger partial charge is 0.332 e. The molecule has 1 aliphatic carbocycles. The molecule has 1 fully saturated rings. The van der Waals surface area contributed by atoms with Gasteiger partial charge < -0.3 is 9.30 Å². The molecule has 1 aliphatic rings. The summed E-state index contributed by atoms with van der Waals surface area (Å²) in [5.41, 5.74) is 1.68. The van der Waals surface area contributed by atoms with Gasteiger partial charge in [0.05, 0.1) is 18.1 Å². The summed E-state index contributed by atoms with van der Waals surface area (Å²) in [5.74, 6) is -0.108. The molecule has 3 aromatic rings. The molecule has 0 atom stereocenters. The average Bonchev–Trinajstić information content (AvgIpc) is 2.96. The van der Waals surface area contributed by atoms with Crippen molar-refractivity contribution in [2.75, 3.05) is 7.11 Å². The summed E-state index contributed by atoms with van der Waals surface area (Å²) in [5, 5.41) is 2.41. The Morgan fingerprint density at radius 1 is 0.913 bits per heavy atom. The van der Waals surface area contributed by atoms with E-state index >= 15 is 0 Å². The van der Waals surface area contributed by atoms with Crippen LogP contribution in [0.1, 0.15) is 32.1 Å². The summed E-state index contributed by atoms with van der Waals surface area (Å²) in [7, 11) is 1.51. The third-order valence-corrected chi connectivity index (χ3v) is 5.25. The Hall–Kier alpha value is -2.29. The zero-order valence-electron chi connectivity index (χ0n) is 13.4. The monoisotopic (exact) mass is 307 g/mol. The van der Waals surface area contributed by atoms with Crippen LogP contribution < -0.4 is 0 Å². The first kappa shape index (κ1) is 14.3. The fourth-order valence-electron chi connectivity index (χ4n) is 4.23. The number of aromatic nitrogens is 1. The zero-order chi connectivity index (χ0) is 15.9. The standard InChI is InChI=1S/C20H21NO2/c1-23-19(22)20(13-7-2-8-14-20)21-17-11-5-3-9-15(17)16-10-4-6-12-18(16)21/h3-6,9-12H,2,7-8,13-14H2,1H3. The molecule has 0 saturated heterocycles. The van der Waals surface area contributed by atoms with Gasteiger partial charge in [0.1, 0.15) is 5.54 Å². The first-order chi connectivity index (χ1) is 11.3. The number of fused-ring (bicyclic) bond motifs is 3. The number of carbonyl (C=O) groups excluding carboxylic acids is 1. The van der Waals surface area contributed by atoms with E-state index in [0.29, 0.717) is 0 Å². The van der Waals surface area contributed by atoms with Gasteiger partial charge in [-0.3, -0.25) is 0 Å². The number of hydrogen-bond donors (Lipinski definition) is 0. The first-order valence-corrected chi connectivity index (χ1v) is 8.35. The summed E-state index contributed by atoms with van der Waals surface area (Å²) in [6.07, 6.45) is 5.02. The van der Waals surface area contributed by atoms with Gasteiger partial charge in [-0.05, 0) is 25.0 Å². The Labute approximate surface area is 135 Å². The molecule has 3 heteroatoms. The molecule has 2 aromatic carbocycles. The Bertz CT molecular complexity index is 818. The molecule has 0 radical (unpaired) electrons. The number of hydrogen-bond acceptors (Lipinski definition) is 2. The highest BCUT2D eigenvalue weighted by molar-refractivity contribution is 6.09. The highest BCUT2D eigenvalue weighted by Gasteiger charge is 2.43. The molecule has 3 nitrogen and oxygen atoms in total. The van der Waals surface area contributed by atoms with E-state index < -0.39 is 5.54 Å². The molecule has 0 N–H and O–H groups in total. The van der Waals surface area contributed by atoms with E-state index in [0.717, 1.165) is 36.7 Å². The highest BCUT2D eigenvalue weighted by atomic mass is 16.5. The normalized spacial score (nSPS) is 17.4. The van der Waals surface area contributed by atoms with Crippen LogP contribution in [0, 0.1) is 0 Å². The van der Waals surface area contributed by atoms with Crippen LogP contribution in [-0.4, -0.2) is 17.6 Å². The maximum absolute atomic E-state index is 12.8. The van der Waals surface area contributed by atoms with Crippen LogP contribution in [-0.2, 0) is 15.1 Å². The van der Waals surface area contributed by atoms with Gasteiger partial charge in [0.2, 0.25) is 0 Å². The summed E-state index contributed by atoms with van der Waals surface area (Å²) in [6.45, 7) is 0. The summed E-state index contributed by atoms with van der Waals surface area (Å²) < 4.78 is 7.51. The zero-order valence-corrected chi connectivity index (χ0v) is 13.4. The van der Waals surface area contributed by atoms with E-state index in [2.05, 4.69) is 41.0 Å². The molecular formula is C20H21NO2. The number of ether oxygens (including phenoxy) is 1. The lowest BCUT2D eigenvalue weighted by Crippen LogP contribution is -2.44. The topological polar surface area (TPSA) is 31.2 Å². The molecule has 4 rings (SSSR count). The van der Waals surface area contributed by atoms with Crippen LogP contribution in [0.25, 0.3) is 21.8 Å². The second-order valence-electron chi connectivity index (χ2n) is 6.45. The van der Waals surface area contributed by atoms with Crippen molar-refractivity contribution in [3.63, 3.8) is 0 Å². The lowest BCUT2D eigenvalue weighted by Gasteiger charge is -2.37. The second kappa shape index (κ2) is 5.41. The predicted molar refractivity (Wildman–Crippen MR) is 92.5 cm³/mol. The first-order valence-electron chi connectivity index (χ1n) is 8.35. The number of rotatable bonds is 2. The minimum absolute atomic E-state index is 0.108. The van der Waals surface area contributed by atoms with E-state index in [1.54, 1.807) is 0 Å². The van der Waals surface area contributed by atoms with Crippen molar-refractivity contribution in [1.82, 2.24) is 4.57 Å². The van der Waals surface area contributed by atoms with Crippen molar-refractivity contribution < 1.29 is 9.53 Å². The van der Waals surface area contributed by atoms with Crippen molar-refractivity contribution in [3.05, 3.63) is 48.5 Å². The Kier molecular flexibility index (Phi) is 3.37. The molecule has 0 amide bonds. The van der Waals surface area contributed by atoms with E-state index in [-0.39, 0.29) is 5.97 Å². The molecule has 1 heterocycles. The van der Waals surface area contributed by atoms with Crippen LogP contribution in [0.15, 0.2) is 48.5 Å². The van der Waals surface area contributed by atoms with Crippen LogP contribution in [0.4, 0.5) is 0 Å². The van der Waals surface area contributed by atoms with Gasteiger partial charge >= 0.3 is 5.97 Å². The minimum Gasteiger partial charge on any atom is -0.467 e. The van der Waals surface area contributed by atoms with Gasteiger partial charge in [0, 0.05) is 10.8 Å². The SMILES string of the molecule is COC(=O)C1(n2c3ccccc3c3ccccc32)CCCCC1. The lowest BCUT2D eigenvalue weighted by molar-refractivity contribution is -0.152. The molecule has 23 heavy (non-hydrogen) atoms. The molecule has 1 saturated carbocycles. The van der Waals surface area contributed by atoms with Crippen LogP contribution in [0.2, 0.25) is 0 Å². The fourth-order valence-corrected chi connectivity index (χ4v) is 4.23. The van der Waals surface area contributed by atoms with E-state index in [9.17, 15) is 4.79 Å². The summed E-state index contributed by atoms with van der Waals surface area (Å²) in [6, 6.07) is 16.7. The van der Waals surface area contributed by atoms with E-state index in [1.165, 1.54) is 24.3 Å². The van der Waals surface area contributed by atoms with Gasteiger partial charge in [0.15, 0.2) is 0 Å². The lowest BCUT2D eigenvalue weighted by atomic mass is 9.81. The van der Waals surface area contributed by atoms with Crippen molar-refractivity contribution in [2.45, 2.75) is 37.6 Å². The summed E-state index contributed by atoms with van der Waals surface area (Å²) in [4.78, 5) is 12.8. The highest BCUT2D eigenvalue weighted by Crippen LogP contribution is 2.42. The van der Waals surface area contributed by atoms with Crippen molar-refractivity contribution >= 4 is 27.8 Å². The number of methoxy groups -OCH3 is 1. The molecule has 0 spiro atoms. The Morgan fingerprint density at radius 2 is 1.43 bits per heavy atom. The minimum atomic E-state index is -0.574. The van der Waals surface area contributed by atoms with E-state index in [4.69, 9.17) is 4.74 Å². The van der Waals surface area contributed by atoms with Crippen molar-refractivity contribution in [3.8, 4) is 0 Å². The maximum Gasteiger partial charge on any atom is 0.332 e. The summed E-state index contributed by atoms with van der Waals surface area (Å²) >= 11 is 0. The van der Waals surface area contributed by atoms with Gasteiger partial charge in [-0.1, -0.05) is 55.7 Å². The van der Waals surface area contributed by atoms with Crippen LogP contribution >= 0.6 is 0 Å². The van der Waals surface area contributed by atoms with Crippen molar-refractivity contribution in [1.29, 1.82) is 0 Å². The van der Waals surface area contributed by atoms with Gasteiger partial charge in [-0.25, -0.2) is 4.79 Å². The molecule has 0 aliphatic heterocycles. The van der Waals surface area contributed by atoms with Gasteiger partial charge in [-0.15, -0.1) is 0 Å². The molecule has 118 valence electrons. The quantitative estimate of drug-likeness (QED) is 0.646. The Morgan fingerprint density at radius 3 is 1.96 bits per heavy atom.